The number of imidazole rings is 1. The van der Waals surface area contributed by atoms with Crippen LogP contribution >= 0.6 is 11.3 Å². The van der Waals surface area contributed by atoms with E-state index in [-0.39, 0.29) is 29.1 Å². The maximum atomic E-state index is 13.5. The van der Waals surface area contributed by atoms with Crippen LogP contribution in [0, 0.1) is 0 Å². The number of alkyl halides is 3. The van der Waals surface area contributed by atoms with E-state index in [0.29, 0.717) is 17.5 Å². The molecule has 0 bridgehead atoms. The van der Waals surface area contributed by atoms with E-state index in [0.717, 1.165) is 12.5 Å². The number of thiophene rings is 1. The number of aryl methyl sites for hydroxylation is 1. The molecule has 0 amide bonds. The lowest BCUT2D eigenvalue weighted by Gasteiger charge is -2.09. The average Bonchev–Trinajstić information content (AvgIpc) is 3.39. The molecule has 0 radical (unpaired) electrons. The molecule has 1 N–H and O–H groups in total. The van der Waals surface area contributed by atoms with Gasteiger partial charge in [-0.1, -0.05) is 6.07 Å². The van der Waals surface area contributed by atoms with E-state index in [1.165, 1.54) is 17.4 Å². The van der Waals surface area contributed by atoms with Crippen LogP contribution in [0.15, 0.2) is 52.7 Å². The van der Waals surface area contributed by atoms with Gasteiger partial charge < -0.3 is 9.40 Å². The monoisotopic (exact) mass is 404 g/mol. The van der Waals surface area contributed by atoms with Crippen molar-refractivity contribution in [1.29, 1.82) is 0 Å². The summed E-state index contributed by atoms with van der Waals surface area (Å²) >= 11 is 1.61. The molecule has 3 heterocycles. The summed E-state index contributed by atoms with van der Waals surface area (Å²) in [4.78, 5) is 20.3. The van der Waals surface area contributed by atoms with Gasteiger partial charge in [-0.3, -0.25) is 4.79 Å². The first-order valence-electron chi connectivity index (χ1n) is 8.61. The maximum absolute atomic E-state index is 13.5. The molecule has 3 aromatic heterocycles. The Morgan fingerprint density at radius 3 is 2.75 bits per heavy atom. The van der Waals surface area contributed by atoms with Gasteiger partial charge in [0.1, 0.15) is 5.52 Å². The minimum Gasteiger partial charge on any atom is -0.472 e. The molecule has 4 aromatic rings. The lowest BCUT2D eigenvalue weighted by atomic mass is 10.0. The zero-order chi connectivity index (χ0) is 19.7. The average molecular weight is 404 g/mol. The molecule has 144 valence electrons. The van der Waals surface area contributed by atoms with Gasteiger partial charge in [0.05, 0.1) is 23.6 Å². The van der Waals surface area contributed by atoms with Crippen LogP contribution in [0.5, 0.6) is 0 Å². The number of halogens is 3. The van der Waals surface area contributed by atoms with Crippen LogP contribution in [-0.4, -0.2) is 15.8 Å². The number of rotatable bonds is 6. The zero-order valence-electron chi connectivity index (χ0n) is 14.5. The third-order valence-electron chi connectivity index (χ3n) is 4.42. The second-order valence-corrected chi connectivity index (χ2v) is 7.40. The topological polar surface area (TPSA) is 58.9 Å². The molecular formula is C20H15F3N2O2S. The fourth-order valence-electron chi connectivity index (χ4n) is 3.06. The van der Waals surface area contributed by atoms with Gasteiger partial charge in [-0.15, -0.1) is 11.3 Å². The summed E-state index contributed by atoms with van der Waals surface area (Å²) in [5.74, 6) is -0.346. The van der Waals surface area contributed by atoms with Gasteiger partial charge in [-0.25, -0.2) is 4.98 Å². The maximum Gasteiger partial charge on any atom is 0.418 e. The Morgan fingerprint density at radius 1 is 1.21 bits per heavy atom. The van der Waals surface area contributed by atoms with E-state index in [4.69, 9.17) is 4.42 Å². The quantitative estimate of drug-likeness (QED) is 0.395. The molecule has 8 heteroatoms. The summed E-state index contributed by atoms with van der Waals surface area (Å²) in [5, 5.41) is 1.96. The number of benzene rings is 1. The number of carbonyl (C=O) groups is 1. The van der Waals surface area contributed by atoms with Gasteiger partial charge in [0, 0.05) is 16.9 Å². The van der Waals surface area contributed by atoms with E-state index in [9.17, 15) is 18.0 Å². The van der Waals surface area contributed by atoms with Crippen molar-refractivity contribution in [3.8, 4) is 11.1 Å². The fourth-order valence-corrected chi connectivity index (χ4v) is 3.81. The first kappa shape index (κ1) is 18.5. The number of aromatic amines is 1. The Hall–Kier alpha value is -2.87. The van der Waals surface area contributed by atoms with Gasteiger partial charge in [0.15, 0.2) is 11.6 Å². The van der Waals surface area contributed by atoms with Crippen LogP contribution < -0.4 is 0 Å². The summed E-state index contributed by atoms with van der Waals surface area (Å²) in [6, 6.07) is 8.08. The molecule has 1 aromatic carbocycles. The minimum atomic E-state index is -4.59. The first-order chi connectivity index (χ1) is 13.4. The highest BCUT2D eigenvalue weighted by atomic mass is 32.1. The van der Waals surface area contributed by atoms with Crippen molar-refractivity contribution in [2.24, 2.45) is 0 Å². The number of aromatic nitrogens is 2. The molecule has 0 fully saturated rings. The van der Waals surface area contributed by atoms with Gasteiger partial charge in [0.25, 0.3) is 0 Å². The summed E-state index contributed by atoms with van der Waals surface area (Å²) in [7, 11) is 0. The summed E-state index contributed by atoms with van der Waals surface area (Å²) in [6.07, 6.45) is -0.248. The Bertz CT molecular complexity index is 1100. The largest absolute Gasteiger partial charge is 0.472 e. The number of hydrogen-bond acceptors (Lipinski definition) is 4. The second kappa shape index (κ2) is 7.27. The lowest BCUT2D eigenvalue weighted by molar-refractivity contribution is -0.136. The van der Waals surface area contributed by atoms with Crippen molar-refractivity contribution >= 4 is 28.2 Å². The predicted octanol–water partition coefficient (Wildman–Crippen LogP) is 6.11. The summed E-state index contributed by atoms with van der Waals surface area (Å²) < 4.78 is 45.6. The Kier molecular flexibility index (Phi) is 4.80. The molecule has 0 atom stereocenters. The number of H-pyrrole nitrogens is 1. The van der Waals surface area contributed by atoms with Crippen LogP contribution in [-0.2, 0) is 12.6 Å². The molecule has 0 aliphatic carbocycles. The molecule has 28 heavy (non-hydrogen) atoms. The first-order valence-corrected chi connectivity index (χ1v) is 9.49. The Labute approximate surface area is 162 Å². The number of Topliss-reactive ketones (excluding diaryl/α,β-unsaturated/α-hetero) is 1. The van der Waals surface area contributed by atoms with Gasteiger partial charge in [-0.05, 0) is 48.1 Å². The number of ketones is 1. The SMILES string of the molecule is O=C(CCCc1cccs1)c1nc2c(C(F)(F)F)cc(-c3ccoc3)cc2[nH]1. The normalized spacial score (nSPS) is 12.0. The van der Waals surface area contributed by atoms with Crippen LogP contribution in [0.2, 0.25) is 0 Å². The van der Waals surface area contributed by atoms with Crippen molar-refractivity contribution in [3.05, 3.63) is 64.5 Å². The van der Waals surface area contributed by atoms with Crippen molar-refractivity contribution in [2.45, 2.75) is 25.4 Å². The lowest BCUT2D eigenvalue weighted by Crippen LogP contribution is -2.06. The molecule has 0 saturated carbocycles. The summed E-state index contributed by atoms with van der Waals surface area (Å²) in [5.41, 5.74) is -0.0937. The van der Waals surface area contributed by atoms with Crippen LogP contribution in [0.4, 0.5) is 13.2 Å². The molecule has 0 aliphatic heterocycles. The van der Waals surface area contributed by atoms with E-state index >= 15 is 0 Å². The molecule has 0 saturated heterocycles. The van der Waals surface area contributed by atoms with Crippen LogP contribution in [0.25, 0.3) is 22.2 Å². The molecule has 0 aliphatic rings. The van der Waals surface area contributed by atoms with Crippen molar-refractivity contribution in [1.82, 2.24) is 9.97 Å². The third kappa shape index (κ3) is 3.73. The van der Waals surface area contributed by atoms with E-state index in [1.807, 2.05) is 17.5 Å². The Morgan fingerprint density at radius 2 is 2.07 bits per heavy atom. The minimum absolute atomic E-state index is 0.0453. The van der Waals surface area contributed by atoms with Crippen molar-refractivity contribution in [2.75, 3.05) is 0 Å². The highest BCUT2D eigenvalue weighted by Crippen LogP contribution is 2.37. The number of nitrogens with one attached hydrogen (secondary N) is 1. The molecule has 0 spiro atoms. The predicted molar refractivity (Wildman–Crippen MR) is 100 cm³/mol. The Balaban J connectivity index is 1.64. The number of nitrogens with zero attached hydrogens (tertiary/aromatic N) is 1. The molecule has 4 rings (SSSR count). The molecular weight excluding hydrogens is 389 g/mol. The van der Waals surface area contributed by atoms with Crippen LogP contribution in [0.1, 0.15) is 33.9 Å². The van der Waals surface area contributed by atoms with E-state index in [2.05, 4.69) is 9.97 Å². The highest BCUT2D eigenvalue weighted by molar-refractivity contribution is 7.09. The standard InChI is InChI=1S/C20H15F3N2O2S/c21-20(22,23)15-9-13(12-6-7-27-11-12)10-16-18(15)25-19(24-16)17(26)5-1-3-14-4-2-8-28-14/h2,4,6-11H,1,3,5H2,(H,24,25). The smallest absolute Gasteiger partial charge is 0.418 e. The number of fused-ring (bicyclic) bond motifs is 1. The van der Waals surface area contributed by atoms with Gasteiger partial charge in [-0.2, -0.15) is 13.2 Å². The zero-order valence-corrected chi connectivity index (χ0v) is 15.4. The van der Waals surface area contributed by atoms with E-state index < -0.39 is 11.7 Å². The second-order valence-electron chi connectivity index (χ2n) is 6.37. The van der Waals surface area contributed by atoms with Gasteiger partial charge >= 0.3 is 6.18 Å². The third-order valence-corrected chi connectivity index (χ3v) is 5.35. The van der Waals surface area contributed by atoms with Gasteiger partial charge in [0.2, 0.25) is 0 Å². The molecule has 0 unspecified atom stereocenters. The molecule has 4 nitrogen and oxygen atoms in total. The van der Waals surface area contributed by atoms with Crippen molar-refractivity contribution < 1.29 is 22.4 Å². The van der Waals surface area contributed by atoms with Crippen molar-refractivity contribution in [3.63, 3.8) is 0 Å². The summed E-state index contributed by atoms with van der Waals surface area (Å²) in [6.45, 7) is 0. The van der Waals surface area contributed by atoms with Crippen LogP contribution in [0.3, 0.4) is 0 Å². The number of carbonyl (C=O) groups excluding carboxylic acids is 1. The highest BCUT2D eigenvalue weighted by Gasteiger charge is 2.35. The number of hydrogen-bond donors (Lipinski definition) is 1. The fraction of sp³-hybridized carbons (Fsp3) is 0.200. The van der Waals surface area contributed by atoms with E-state index in [1.54, 1.807) is 23.5 Å². The number of furan rings is 1.